The van der Waals surface area contributed by atoms with Gasteiger partial charge in [0.2, 0.25) is 5.91 Å². The largest absolute Gasteiger partial charge is 0.376 e. The van der Waals surface area contributed by atoms with Crippen molar-refractivity contribution in [2.45, 2.75) is 37.1 Å². The molecule has 0 spiro atoms. The molecule has 3 heterocycles. The highest BCUT2D eigenvalue weighted by atomic mass is 32.2. The van der Waals surface area contributed by atoms with Gasteiger partial charge in [0.1, 0.15) is 6.07 Å². The number of nitrogens with one attached hydrogen (secondary N) is 2. The van der Waals surface area contributed by atoms with Gasteiger partial charge in [0.25, 0.3) is 0 Å². The number of nitrogens with zero attached hydrogens (tertiary/aromatic N) is 4. The first kappa shape index (κ1) is 22.2. The monoisotopic (exact) mass is 472 g/mol. The molecule has 0 radical (unpaired) electrons. The van der Waals surface area contributed by atoms with Crippen LogP contribution in [0.25, 0.3) is 22.3 Å². The standard InChI is InChI=1S/C25H24N6O2S/c26-14-17-6-1-3-9-21(17)28-23(32)11-13-34-25-30-29-24(31(25)16-18-7-5-12-33-18)20-15-27-22-10-4-2-8-19(20)22/h1-4,6,8-10,15,18,27H,5,7,11-13,16H2,(H,28,32). The number of H-pyrrole nitrogens is 1. The van der Waals surface area contributed by atoms with E-state index in [1.54, 1.807) is 24.3 Å². The van der Waals surface area contributed by atoms with Crippen molar-refractivity contribution in [1.29, 1.82) is 5.26 Å². The number of fused-ring (bicyclic) bond motifs is 1. The second kappa shape index (κ2) is 10.1. The number of hydrogen-bond acceptors (Lipinski definition) is 6. The average molecular weight is 473 g/mol. The van der Waals surface area contributed by atoms with E-state index in [-0.39, 0.29) is 12.0 Å². The zero-order chi connectivity index (χ0) is 23.3. The number of carbonyl (C=O) groups excluding carboxylic acids is 1. The third-order valence-electron chi connectivity index (χ3n) is 5.84. The Morgan fingerprint density at radius 2 is 2.09 bits per heavy atom. The van der Waals surface area contributed by atoms with Crippen LogP contribution in [0.4, 0.5) is 5.69 Å². The van der Waals surface area contributed by atoms with E-state index in [2.05, 4.69) is 37.2 Å². The molecular formula is C25H24N6O2S. The van der Waals surface area contributed by atoms with Crippen LogP contribution in [0.3, 0.4) is 0 Å². The van der Waals surface area contributed by atoms with Gasteiger partial charge in [0.15, 0.2) is 11.0 Å². The Morgan fingerprint density at radius 1 is 1.24 bits per heavy atom. The fraction of sp³-hybridized carbons (Fsp3) is 0.280. The fourth-order valence-electron chi connectivity index (χ4n) is 4.15. The van der Waals surface area contributed by atoms with Crippen LogP contribution in [0.5, 0.6) is 0 Å². The molecule has 5 rings (SSSR count). The topological polar surface area (TPSA) is 109 Å². The van der Waals surface area contributed by atoms with Gasteiger partial charge in [-0.05, 0) is 31.0 Å². The number of aromatic nitrogens is 4. The van der Waals surface area contributed by atoms with Crippen molar-refractivity contribution in [3.8, 4) is 17.5 Å². The number of benzene rings is 2. The van der Waals surface area contributed by atoms with Gasteiger partial charge in [-0.1, -0.05) is 42.1 Å². The Labute approximate surface area is 201 Å². The van der Waals surface area contributed by atoms with E-state index in [9.17, 15) is 10.1 Å². The minimum Gasteiger partial charge on any atom is -0.376 e. The molecule has 1 saturated heterocycles. The lowest BCUT2D eigenvalue weighted by Crippen LogP contribution is -2.17. The highest BCUT2D eigenvalue weighted by Gasteiger charge is 2.23. The lowest BCUT2D eigenvalue weighted by molar-refractivity contribution is -0.115. The molecule has 0 saturated carbocycles. The molecule has 2 N–H and O–H groups in total. The molecule has 1 aliphatic rings. The first-order valence-corrected chi connectivity index (χ1v) is 12.2. The zero-order valence-electron chi connectivity index (χ0n) is 18.5. The lowest BCUT2D eigenvalue weighted by atomic mass is 10.1. The summed E-state index contributed by atoms with van der Waals surface area (Å²) in [4.78, 5) is 15.8. The van der Waals surface area contributed by atoms with Gasteiger partial charge < -0.3 is 15.0 Å². The summed E-state index contributed by atoms with van der Waals surface area (Å²) in [6.07, 6.45) is 4.46. The zero-order valence-corrected chi connectivity index (χ0v) is 19.3. The van der Waals surface area contributed by atoms with Crippen LogP contribution in [0.2, 0.25) is 0 Å². The minimum absolute atomic E-state index is 0.130. The Kier molecular flexibility index (Phi) is 6.60. The van der Waals surface area contributed by atoms with Gasteiger partial charge >= 0.3 is 0 Å². The number of thioether (sulfide) groups is 1. The molecule has 2 aromatic carbocycles. The maximum Gasteiger partial charge on any atom is 0.225 e. The maximum absolute atomic E-state index is 12.5. The van der Waals surface area contributed by atoms with Crippen molar-refractivity contribution in [1.82, 2.24) is 19.7 Å². The van der Waals surface area contributed by atoms with E-state index < -0.39 is 0 Å². The number of ether oxygens (including phenoxy) is 1. The average Bonchev–Trinajstić information content (AvgIpc) is 3.60. The molecule has 0 bridgehead atoms. The summed E-state index contributed by atoms with van der Waals surface area (Å²) in [6, 6.07) is 17.2. The Balaban J connectivity index is 1.32. The molecule has 2 aromatic heterocycles. The number of aromatic amines is 1. The number of amides is 1. The van der Waals surface area contributed by atoms with E-state index in [4.69, 9.17) is 4.74 Å². The maximum atomic E-state index is 12.5. The number of anilines is 1. The molecule has 8 nitrogen and oxygen atoms in total. The smallest absolute Gasteiger partial charge is 0.225 e. The number of rotatable bonds is 8. The first-order valence-electron chi connectivity index (χ1n) is 11.3. The highest BCUT2D eigenvalue weighted by Crippen LogP contribution is 2.31. The molecule has 0 aliphatic carbocycles. The van der Waals surface area contributed by atoms with E-state index in [1.807, 2.05) is 24.4 Å². The van der Waals surface area contributed by atoms with Crippen molar-refractivity contribution >= 4 is 34.3 Å². The van der Waals surface area contributed by atoms with Gasteiger partial charge in [0.05, 0.1) is 23.9 Å². The van der Waals surface area contributed by atoms with Gasteiger partial charge in [0, 0.05) is 41.4 Å². The molecule has 34 heavy (non-hydrogen) atoms. The molecule has 9 heteroatoms. The van der Waals surface area contributed by atoms with Crippen LogP contribution >= 0.6 is 11.8 Å². The van der Waals surface area contributed by atoms with Crippen LogP contribution in [-0.2, 0) is 16.1 Å². The lowest BCUT2D eigenvalue weighted by Gasteiger charge is -2.14. The van der Waals surface area contributed by atoms with Crippen molar-refractivity contribution < 1.29 is 9.53 Å². The van der Waals surface area contributed by atoms with Crippen LogP contribution < -0.4 is 5.32 Å². The van der Waals surface area contributed by atoms with Gasteiger partial charge in [-0.25, -0.2) is 0 Å². The molecule has 4 aromatic rings. The second-order valence-corrected chi connectivity index (χ2v) is 9.17. The van der Waals surface area contributed by atoms with Crippen LogP contribution in [0.15, 0.2) is 59.9 Å². The van der Waals surface area contributed by atoms with E-state index >= 15 is 0 Å². The summed E-state index contributed by atoms with van der Waals surface area (Å²) < 4.78 is 8.00. The summed E-state index contributed by atoms with van der Waals surface area (Å²) >= 11 is 1.50. The molecule has 1 unspecified atom stereocenters. The fourth-order valence-corrected chi connectivity index (χ4v) is 5.03. The SMILES string of the molecule is N#Cc1ccccc1NC(=O)CCSc1nnc(-c2c[nH]c3ccccc23)n1CC1CCCO1. The molecule has 1 fully saturated rings. The molecular weight excluding hydrogens is 448 g/mol. The van der Waals surface area contributed by atoms with E-state index in [0.29, 0.717) is 30.0 Å². The Morgan fingerprint density at radius 3 is 2.94 bits per heavy atom. The van der Waals surface area contributed by atoms with Crippen molar-refractivity contribution in [2.75, 3.05) is 17.7 Å². The Bertz CT molecular complexity index is 1350. The number of nitriles is 1. The third-order valence-corrected chi connectivity index (χ3v) is 6.81. The predicted octanol–water partition coefficient (Wildman–Crippen LogP) is 4.60. The van der Waals surface area contributed by atoms with E-state index in [1.165, 1.54) is 11.8 Å². The normalized spacial score (nSPS) is 15.4. The Hall–Kier alpha value is -3.61. The summed E-state index contributed by atoms with van der Waals surface area (Å²) in [5.74, 6) is 1.19. The second-order valence-electron chi connectivity index (χ2n) is 8.10. The van der Waals surface area contributed by atoms with Gasteiger partial charge in [-0.3, -0.25) is 9.36 Å². The molecule has 1 amide bonds. The van der Waals surface area contributed by atoms with Crippen molar-refractivity contribution in [3.05, 3.63) is 60.3 Å². The van der Waals surface area contributed by atoms with Crippen LogP contribution in [-0.4, -0.2) is 44.1 Å². The van der Waals surface area contributed by atoms with Gasteiger partial charge in [-0.15, -0.1) is 10.2 Å². The minimum atomic E-state index is -0.141. The van der Waals surface area contributed by atoms with Crippen LogP contribution in [0.1, 0.15) is 24.8 Å². The number of para-hydroxylation sites is 2. The molecule has 172 valence electrons. The van der Waals surface area contributed by atoms with E-state index in [0.717, 1.165) is 46.9 Å². The number of hydrogen-bond donors (Lipinski definition) is 2. The highest BCUT2D eigenvalue weighted by molar-refractivity contribution is 7.99. The summed E-state index contributed by atoms with van der Waals surface area (Å²) in [5.41, 5.74) is 3.03. The van der Waals surface area contributed by atoms with Crippen molar-refractivity contribution in [2.24, 2.45) is 0 Å². The molecule has 1 atom stereocenters. The third kappa shape index (κ3) is 4.69. The van der Waals surface area contributed by atoms with Gasteiger partial charge in [-0.2, -0.15) is 5.26 Å². The van der Waals surface area contributed by atoms with Crippen LogP contribution in [0, 0.1) is 11.3 Å². The summed E-state index contributed by atoms with van der Waals surface area (Å²) in [6.45, 7) is 1.45. The van der Waals surface area contributed by atoms with Crippen molar-refractivity contribution in [3.63, 3.8) is 0 Å². The summed E-state index contributed by atoms with van der Waals surface area (Å²) in [7, 11) is 0. The quantitative estimate of drug-likeness (QED) is 0.363. The molecule has 1 aliphatic heterocycles. The predicted molar refractivity (Wildman–Crippen MR) is 131 cm³/mol. The summed E-state index contributed by atoms with van der Waals surface area (Å²) in [5, 5.41) is 22.9. The first-order chi connectivity index (χ1) is 16.7. The number of carbonyl (C=O) groups is 1.